The van der Waals surface area contributed by atoms with Crippen LogP contribution < -0.4 is 0 Å². The van der Waals surface area contributed by atoms with Gasteiger partial charge >= 0.3 is 0 Å². The van der Waals surface area contributed by atoms with Crippen molar-refractivity contribution in [1.29, 1.82) is 0 Å². The lowest BCUT2D eigenvalue weighted by atomic mass is 9.97. The summed E-state index contributed by atoms with van der Waals surface area (Å²) in [4.78, 5) is 0. The van der Waals surface area contributed by atoms with Crippen molar-refractivity contribution in [3.05, 3.63) is 59.3 Å². The number of rotatable bonds is 10. The quantitative estimate of drug-likeness (QED) is 0.318. The Morgan fingerprint density at radius 3 is 2.08 bits per heavy atom. The van der Waals surface area contributed by atoms with Crippen LogP contribution in [-0.2, 0) is 0 Å². The Hall–Kier alpha value is -1.34. The highest BCUT2D eigenvalue weighted by molar-refractivity contribution is 5.45. The third-order valence-electron chi connectivity index (χ3n) is 4.38. The van der Waals surface area contributed by atoms with E-state index in [1.54, 1.807) is 0 Å². The zero-order valence-corrected chi connectivity index (χ0v) is 17.5. The van der Waals surface area contributed by atoms with E-state index in [4.69, 9.17) is 0 Å². The van der Waals surface area contributed by atoms with Gasteiger partial charge < -0.3 is 4.48 Å². The Morgan fingerprint density at radius 2 is 1.62 bits per heavy atom. The molecule has 0 unspecified atom stereocenters. The van der Waals surface area contributed by atoms with Gasteiger partial charge in [-0.3, -0.25) is 0 Å². The van der Waals surface area contributed by atoms with E-state index in [0.29, 0.717) is 5.92 Å². The molecule has 0 N–H and O–H groups in total. The second-order valence-electron chi connectivity index (χ2n) is 8.13. The number of hydrogen-bond acceptors (Lipinski definition) is 0. The fourth-order valence-corrected chi connectivity index (χ4v) is 2.48. The number of nitrogens with zero attached hydrogens (tertiary/aromatic N) is 1. The Labute approximate surface area is 151 Å². The van der Waals surface area contributed by atoms with Gasteiger partial charge in [0.2, 0.25) is 0 Å². The molecule has 136 valence electrons. The molecule has 0 rings (SSSR count). The minimum atomic E-state index is 0.472. The lowest BCUT2D eigenvalue weighted by Crippen LogP contribution is -2.42. The molecule has 0 aromatic heterocycles. The van der Waals surface area contributed by atoms with Crippen LogP contribution in [0.15, 0.2) is 59.3 Å². The lowest BCUT2D eigenvalue weighted by Gasteiger charge is -2.31. The van der Waals surface area contributed by atoms with E-state index in [1.807, 2.05) is 0 Å². The van der Waals surface area contributed by atoms with Crippen molar-refractivity contribution in [3.8, 4) is 0 Å². The molecule has 0 saturated heterocycles. The molecule has 1 nitrogen and oxygen atoms in total. The molecular formula is C23H40N+. The number of hydrogen-bond donors (Lipinski definition) is 0. The summed E-state index contributed by atoms with van der Waals surface area (Å²) in [5.74, 6) is 0.472. The van der Waals surface area contributed by atoms with Crippen molar-refractivity contribution in [2.45, 2.75) is 54.4 Å². The fourth-order valence-electron chi connectivity index (χ4n) is 2.48. The standard InChI is InChI=1S/C23H40N/c1-11-12-15-24(9,10)17-23(16-18(2)3)22(8)21(7)14-13-20(6)19(4)5/h13-14,16,19H,6-7,11-12,15,17H2,1-5,8-10H3/q+1/b14-13-,23-22-. The summed E-state index contributed by atoms with van der Waals surface area (Å²) < 4.78 is 1.01. The monoisotopic (exact) mass is 330 g/mol. The summed E-state index contributed by atoms with van der Waals surface area (Å²) in [6, 6.07) is 0. The van der Waals surface area contributed by atoms with Crippen molar-refractivity contribution in [1.82, 2.24) is 0 Å². The first kappa shape index (κ1) is 22.7. The summed E-state index contributed by atoms with van der Waals surface area (Å²) >= 11 is 0. The van der Waals surface area contributed by atoms with Crippen molar-refractivity contribution in [3.63, 3.8) is 0 Å². The van der Waals surface area contributed by atoms with Gasteiger partial charge in [0.25, 0.3) is 0 Å². The molecule has 0 aliphatic rings. The summed E-state index contributed by atoms with van der Waals surface area (Å²) in [5, 5.41) is 0. The molecule has 0 saturated carbocycles. The van der Waals surface area contributed by atoms with Gasteiger partial charge in [0.1, 0.15) is 6.54 Å². The first-order valence-electron chi connectivity index (χ1n) is 9.23. The molecule has 0 bridgehead atoms. The molecule has 0 radical (unpaired) electrons. The highest BCUT2D eigenvalue weighted by Gasteiger charge is 2.17. The van der Waals surface area contributed by atoms with Crippen LogP contribution in [0.25, 0.3) is 0 Å². The molecule has 0 aromatic rings. The highest BCUT2D eigenvalue weighted by atomic mass is 15.3. The molecule has 0 heterocycles. The van der Waals surface area contributed by atoms with Gasteiger partial charge in [-0.1, -0.05) is 69.7 Å². The molecule has 0 amide bonds. The van der Waals surface area contributed by atoms with Crippen LogP contribution in [0.5, 0.6) is 0 Å². The van der Waals surface area contributed by atoms with Gasteiger partial charge in [-0.25, -0.2) is 0 Å². The zero-order valence-electron chi connectivity index (χ0n) is 17.5. The van der Waals surface area contributed by atoms with Crippen LogP contribution in [0.2, 0.25) is 0 Å². The highest BCUT2D eigenvalue weighted by Crippen LogP contribution is 2.21. The number of likely N-dealkylation sites (N-methyl/N-ethyl adjacent to an activating group) is 1. The number of unbranched alkanes of at least 4 members (excludes halogenated alkanes) is 1. The third-order valence-corrected chi connectivity index (χ3v) is 4.38. The Bertz CT molecular complexity index is 520. The SMILES string of the molecule is C=C(/C=C\C(=C)C(C)C)/C(C)=C(/C=C(C)C)C[N+](C)(C)CCCC. The molecule has 0 atom stereocenters. The van der Waals surface area contributed by atoms with E-state index in [1.165, 1.54) is 36.1 Å². The second kappa shape index (κ2) is 10.5. The second-order valence-corrected chi connectivity index (χ2v) is 8.13. The van der Waals surface area contributed by atoms with Crippen LogP contribution >= 0.6 is 0 Å². The Morgan fingerprint density at radius 1 is 1.04 bits per heavy atom. The normalized spacial score (nSPS) is 13.2. The summed E-state index contributed by atoms with van der Waals surface area (Å²) in [5.41, 5.74) is 6.24. The topological polar surface area (TPSA) is 0 Å². The minimum Gasteiger partial charge on any atom is -0.325 e. The van der Waals surface area contributed by atoms with Crippen LogP contribution in [0.1, 0.15) is 54.4 Å². The van der Waals surface area contributed by atoms with E-state index in [-0.39, 0.29) is 0 Å². The maximum atomic E-state index is 4.28. The van der Waals surface area contributed by atoms with Gasteiger partial charge in [-0.2, -0.15) is 0 Å². The average Bonchev–Trinajstić information content (AvgIpc) is 2.47. The minimum absolute atomic E-state index is 0.472. The van der Waals surface area contributed by atoms with Gasteiger partial charge in [-0.05, 0) is 44.3 Å². The van der Waals surface area contributed by atoms with Gasteiger partial charge in [-0.15, -0.1) is 0 Å². The van der Waals surface area contributed by atoms with Crippen molar-refractivity contribution in [2.24, 2.45) is 5.92 Å². The largest absolute Gasteiger partial charge is 0.325 e. The van der Waals surface area contributed by atoms with Crippen LogP contribution in [0.4, 0.5) is 0 Å². The van der Waals surface area contributed by atoms with Crippen LogP contribution in [0.3, 0.4) is 0 Å². The summed E-state index contributed by atoms with van der Waals surface area (Å²) in [7, 11) is 4.64. The van der Waals surface area contributed by atoms with E-state index >= 15 is 0 Å². The predicted molar refractivity (Wildman–Crippen MR) is 111 cm³/mol. The van der Waals surface area contributed by atoms with Gasteiger partial charge in [0.15, 0.2) is 0 Å². The molecular weight excluding hydrogens is 290 g/mol. The number of allylic oxidation sites excluding steroid dienone is 6. The summed E-state index contributed by atoms with van der Waals surface area (Å²) in [6.45, 7) is 23.8. The zero-order chi connectivity index (χ0) is 18.9. The van der Waals surface area contributed by atoms with Crippen LogP contribution in [0, 0.1) is 5.92 Å². The van der Waals surface area contributed by atoms with E-state index in [2.05, 4.69) is 87.0 Å². The van der Waals surface area contributed by atoms with Gasteiger partial charge in [0, 0.05) is 5.57 Å². The van der Waals surface area contributed by atoms with E-state index < -0.39 is 0 Å². The maximum absolute atomic E-state index is 4.28. The van der Waals surface area contributed by atoms with E-state index in [9.17, 15) is 0 Å². The maximum Gasteiger partial charge on any atom is 0.104 e. The predicted octanol–water partition coefficient (Wildman–Crippen LogP) is 6.47. The molecule has 0 aliphatic heterocycles. The molecule has 0 spiro atoms. The molecule has 0 aromatic carbocycles. The smallest absolute Gasteiger partial charge is 0.104 e. The fraction of sp³-hybridized carbons (Fsp3) is 0.565. The Kier molecular flexibility index (Phi) is 9.92. The first-order valence-corrected chi connectivity index (χ1v) is 9.23. The lowest BCUT2D eigenvalue weighted by molar-refractivity contribution is -0.885. The van der Waals surface area contributed by atoms with Crippen LogP contribution in [-0.4, -0.2) is 31.7 Å². The average molecular weight is 331 g/mol. The molecule has 1 heteroatoms. The van der Waals surface area contributed by atoms with Crippen molar-refractivity contribution in [2.75, 3.05) is 27.2 Å². The third kappa shape index (κ3) is 9.08. The van der Waals surface area contributed by atoms with Gasteiger partial charge in [0.05, 0.1) is 20.6 Å². The molecule has 24 heavy (non-hydrogen) atoms. The van der Waals surface area contributed by atoms with Crippen molar-refractivity contribution < 1.29 is 4.48 Å². The molecule has 0 aliphatic carbocycles. The van der Waals surface area contributed by atoms with Crippen molar-refractivity contribution >= 4 is 0 Å². The molecule has 0 fully saturated rings. The number of quaternary nitrogens is 1. The van der Waals surface area contributed by atoms with E-state index in [0.717, 1.165) is 22.2 Å². The first-order chi connectivity index (χ1) is 11.0. The Balaban J connectivity index is 5.46. The summed E-state index contributed by atoms with van der Waals surface area (Å²) in [6.07, 6.45) is 9.05.